The van der Waals surface area contributed by atoms with Crippen molar-refractivity contribution >= 4 is 15.7 Å². The van der Waals surface area contributed by atoms with Crippen LogP contribution in [0.3, 0.4) is 0 Å². The van der Waals surface area contributed by atoms with Crippen molar-refractivity contribution in [2.75, 3.05) is 27.2 Å². The zero-order chi connectivity index (χ0) is 27.1. The molecule has 3 aromatic carbocycles. The number of hydrogen-bond acceptors (Lipinski definition) is 5. The number of aryl methyl sites for hydroxylation is 1. The van der Waals surface area contributed by atoms with Gasteiger partial charge in [0, 0.05) is 18.7 Å². The maximum Gasteiger partial charge on any atom is 0.254 e. The predicted octanol–water partition coefficient (Wildman–Crippen LogP) is 4.42. The molecule has 0 radical (unpaired) electrons. The minimum atomic E-state index is -3.74. The van der Waals surface area contributed by atoms with Crippen LogP contribution in [0.5, 0.6) is 0 Å². The number of rotatable bonds is 11. The van der Waals surface area contributed by atoms with Gasteiger partial charge in [-0.05, 0) is 44.3 Å². The van der Waals surface area contributed by atoms with Crippen molar-refractivity contribution in [2.24, 2.45) is 0 Å². The van der Waals surface area contributed by atoms with Gasteiger partial charge in [0.25, 0.3) is 5.91 Å². The molecule has 0 saturated carbocycles. The third-order valence-electron chi connectivity index (χ3n) is 6.32. The Morgan fingerprint density at radius 3 is 2.05 bits per heavy atom. The summed E-state index contributed by atoms with van der Waals surface area (Å²) in [5.74, 6) is -0.251. The Labute approximate surface area is 225 Å². The van der Waals surface area contributed by atoms with Crippen LogP contribution < -0.4 is 0 Å². The van der Waals surface area contributed by atoms with Gasteiger partial charge in [-0.3, -0.25) is 4.79 Å². The van der Waals surface area contributed by atoms with Crippen molar-refractivity contribution in [3.05, 3.63) is 119 Å². The van der Waals surface area contributed by atoms with Gasteiger partial charge in [-0.15, -0.1) is 0 Å². The first-order chi connectivity index (χ1) is 18.2. The van der Waals surface area contributed by atoms with E-state index in [1.54, 1.807) is 27.8 Å². The maximum atomic E-state index is 13.5. The highest BCUT2D eigenvalue weighted by Gasteiger charge is 2.26. The van der Waals surface area contributed by atoms with E-state index in [-0.39, 0.29) is 23.4 Å². The average Bonchev–Trinajstić information content (AvgIpc) is 3.30. The Balaban J connectivity index is 1.71. The van der Waals surface area contributed by atoms with Gasteiger partial charge in [-0.2, -0.15) is 0 Å². The van der Waals surface area contributed by atoms with Gasteiger partial charge in [-0.25, -0.2) is 13.4 Å². The summed E-state index contributed by atoms with van der Waals surface area (Å²) in [5, 5.41) is 0.00977. The zero-order valence-electron chi connectivity index (χ0n) is 22.1. The molecule has 0 unspecified atom stereocenters. The summed E-state index contributed by atoms with van der Waals surface area (Å²) in [6.45, 7) is 3.71. The van der Waals surface area contributed by atoms with Crippen LogP contribution in [-0.2, 0) is 28.7 Å². The summed E-state index contributed by atoms with van der Waals surface area (Å²) < 4.78 is 28.8. The highest BCUT2D eigenvalue weighted by Crippen LogP contribution is 2.21. The van der Waals surface area contributed by atoms with Gasteiger partial charge in [-0.1, -0.05) is 78.4 Å². The lowest BCUT2D eigenvalue weighted by molar-refractivity contribution is 0.0728. The van der Waals surface area contributed by atoms with Gasteiger partial charge in [0.1, 0.15) is 0 Å². The van der Waals surface area contributed by atoms with Crippen LogP contribution in [0.25, 0.3) is 0 Å². The molecule has 0 fully saturated rings. The van der Waals surface area contributed by atoms with E-state index < -0.39 is 9.84 Å². The number of hydrogen-bond donors (Lipinski definition) is 0. The van der Waals surface area contributed by atoms with Gasteiger partial charge < -0.3 is 14.4 Å². The monoisotopic (exact) mass is 530 g/mol. The molecule has 8 heteroatoms. The molecule has 7 nitrogen and oxygen atoms in total. The largest absolute Gasteiger partial charge is 0.331 e. The SMILES string of the molecule is Cc1ccc(C(=O)N(CCN(C)C)Cc2cnc(S(=O)(=O)Cc3ccccc3)n2Cc2ccccc2)cc1. The number of amides is 1. The van der Waals surface area contributed by atoms with Crippen molar-refractivity contribution in [3.8, 4) is 0 Å². The molecule has 1 amide bonds. The fraction of sp³-hybridized carbons (Fsp3) is 0.267. The molecular weight excluding hydrogens is 496 g/mol. The smallest absolute Gasteiger partial charge is 0.254 e. The summed E-state index contributed by atoms with van der Waals surface area (Å²) in [5.41, 5.74) is 3.99. The molecule has 198 valence electrons. The van der Waals surface area contributed by atoms with E-state index in [1.165, 1.54) is 0 Å². The number of carbonyl (C=O) groups excluding carboxylic acids is 1. The van der Waals surface area contributed by atoms with Crippen LogP contribution in [0.2, 0.25) is 0 Å². The van der Waals surface area contributed by atoms with Crippen LogP contribution in [0.1, 0.15) is 32.7 Å². The molecule has 4 aromatic rings. The van der Waals surface area contributed by atoms with E-state index >= 15 is 0 Å². The summed E-state index contributed by atoms with van der Waals surface area (Å²) >= 11 is 0. The second-order valence-electron chi connectivity index (χ2n) is 9.74. The molecule has 0 bridgehead atoms. The van der Waals surface area contributed by atoms with Gasteiger partial charge in [0.05, 0.1) is 30.7 Å². The Kier molecular flexibility index (Phi) is 8.76. The lowest BCUT2D eigenvalue weighted by atomic mass is 10.1. The Bertz CT molecular complexity index is 1450. The van der Waals surface area contributed by atoms with Crippen LogP contribution in [0.15, 0.2) is 96.3 Å². The second kappa shape index (κ2) is 12.2. The Morgan fingerprint density at radius 2 is 1.45 bits per heavy atom. The van der Waals surface area contributed by atoms with Crippen molar-refractivity contribution in [3.63, 3.8) is 0 Å². The van der Waals surface area contributed by atoms with Crippen LogP contribution in [-0.4, -0.2) is 60.9 Å². The number of likely N-dealkylation sites (N-methyl/N-ethyl adjacent to an activating group) is 1. The summed E-state index contributed by atoms with van der Waals surface area (Å²) in [4.78, 5) is 21.7. The average molecular weight is 531 g/mol. The number of aromatic nitrogens is 2. The van der Waals surface area contributed by atoms with Crippen molar-refractivity contribution in [1.29, 1.82) is 0 Å². The van der Waals surface area contributed by atoms with Gasteiger partial charge in [0.15, 0.2) is 0 Å². The zero-order valence-corrected chi connectivity index (χ0v) is 22.9. The van der Waals surface area contributed by atoms with E-state index in [0.717, 1.165) is 11.1 Å². The van der Waals surface area contributed by atoms with E-state index in [0.29, 0.717) is 36.5 Å². The quantitative estimate of drug-likeness (QED) is 0.287. The number of benzene rings is 3. The standard InChI is InChI=1S/C30H34N4O3S/c1-24-14-16-27(17-15-24)29(35)33(19-18-32(2)3)22-28-20-31-30(34(28)21-25-10-6-4-7-11-25)38(36,37)23-26-12-8-5-9-13-26/h4-17,20H,18-19,21-23H2,1-3H3. The first-order valence-corrected chi connectivity index (χ1v) is 14.2. The van der Waals surface area contributed by atoms with Crippen LogP contribution >= 0.6 is 0 Å². The van der Waals surface area contributed by atoms with Crippen molar-refractivity contribution < 1.29 is 13.2 Å². The van der Waals surface area contributed by atoms with Gasteiger partial charge >= 0.3 is 0 Å². The minimum absolute atomic E-state index is 0.00977. The first kappa shape index (κ1) is 27.3. The summed E-state index contributed by atoms with van der Waals surface area (Å²) in [7, 11) is 0.180. The molecule has 0 spiro atoms. The Morgan fingerprint density at radius 1 is 0.842 bits per heavy atom. The summed E-state index contributed by atoms with van der Waals surface area (Å²) in [6.07, 6.45) is 1.59. The number of carbonyl (C=O) groups is 1. The van der Waals surface area contributed by atoms with E-state index in [4.69, 9.17) is 0 Å². The van der Waals surface area contributed by atoms with E-state index in [9.17, 15) is 13.2 Å². The fourth-order valence-electron chi connectivity index (χ4n) is 4.21. The lowest BCUT2D eigenvalue weighted by Crippen LogP contribution is -2.37. The summed E-state index contributed by atoms with van der Waals surface area (Å²) in [6, 6.07) is 26.3. The predicted molar refractivity (Wildman–Crippen MR) is 150 cm³/mol. The van der Waals surface area contributed by atoms with Crippen molar-refractivity contribution in [2.45, 2.75) is 30.9 Å². The number of imidazole rings is 1. The maximum absolute atomic E-state index is 13.5. The molecule has 0 aliphatic rings. The molecule has 0 atom stereocenters. The molecule has 0 aliphatic heterocycles. The fourth-order valence-corrected chi connectivity index (χ4v) is 5.70. The highest BCUT2D eigenvalue weighted by atomic mass is 32.2. The van der Waals surface area contributed by atoms with E-state index in [1.807, 2.05) is 98.7 Å². The van der Waals surface area contributed by atoms with E-state index in [2.05, 4.69) is 4.98 Å². The molecule has 0 N–H and O–H groups in total. The number of nitrogens with zero attached hydrogens (tertiary/aromatic N) is 4. The molecule has 1 aromatic heterocycles. The lowest BCUT2D eigenvalue weighted by Gasteiger charge is -2.25. The number of sulfone groups is 1. The third kappa shape index (κ3) is 6.96. The Hall–Kier alpha value is -3.75. The minimum Gasteiger partial charge on any atom is -0.331 e. The molecule has 1 heterocycles. The normalized spacial score (nSPS) is 11.6. The van der Waals surface area contributed by atoms with Gasteiger partial charge in [0.2, 0.25) is 15.0 Å². The molecular formula is C30H34N4O3S. The first-order valence-electron chi connectivity index (χ1n) is 12.6. The van der Waals surface area contributed by atoms with Crippen LogP contribution in [0, 0.1) is 6.92 Å². The van der Waals surface area contributed by atoms with Crippen LogP contribution in [0.4, 0.5) is 0 Å². The molecule has 0 aliphatic carbocycles. The molecule has 0 saturated heterocycles. The molecule has 4 rings (SSSR count). The molecule has 38 heavy (non-hydrogen) atoms. The van der Waals surface area contributed by atoms with Crippen molar-refractivity contribution in [1.82, 2.24) is 19.4 Å². The second-order valence-corrected chi connectivity index (χ2v) is 11.6. The third-order valence-corrected chi connectivity index (χ3v) is 7.91. The topological polar surface area (TPSA) is 75.5 Å². The highest BCUT2D eigenvalue weighted by molar-refractivity contribution is 7.90.